The molecule has 0 aliphatic carbocycles. The predicted octanol–water partition coefficient (Wildman–Crippen LogP) is 4.03. The Morgan fingerprint density at radius 2 is 1.97 bits per heavy atom. The molecule has 0 bridgehead atoms. The van der Waals surface area contributed by atoms with E-state index in [1.807, 2.05) is 6.92 Å². The minimum absolute atomic E-state index is 0.0209. The van der Waals surface area contributed by atoms with Gasteiger partial charge in [-0.2, -0.15) is 4.37 Å². The summed E-state index contributed by atoms with van der Waals surface area (Å²) < 4.78 is 28.1. The van der Waals surface area contributed by atoms with Gasteiger partial charge >= 0.3 is 6.03 Å². The van der Waals surface area contributed by atoms with E-state index in [-0.39, 0.29) is 17.9 Å². The Morgan fingerprint density at radius 1 is 1.18 bits per heavy atom. The summed E-state index contributed by atoms with van der Waals surface area (Å²) >= 11 is 1.34. The van der Waals surface area contributed by atoms with Crippen molar-refractivity contribution in [3.8, 4) is 11.5 Å². The summed E-state index contributed by atoms with van der Waals surface area (Å²) in [6, 6.07) is 11.4. The third-order valence-corrected chi connectivity index (χ3v) is 6.36. The predicted molar refractivity (Wildman–Crippen MR) is 126 cm³/mol. The van der Waals surface area contributed by atoms with Gasteiger partial charge in [-0.15, -0.1) is 0 Å². The Hall–Kier alpha value is -3.40. The smallest absolute Gasteiger partial charge is 0.322 e. The van der Waals surface area contributed by atoms with Crippen LogP contribution in [-0.4, -0.2) is 60.2 Å². The van der Waals surface area contributed by atoms with Crippen molar-refractivity contribution in [2.75, 3.05) is 44.1 Å². The standard InChI is InChI=1S/C23H26FN5O3S/c1-15-14-28(23-26-21(27-33-23)12-16-4-6-17(24)7-5-16)10-11-29(15)22(30)25-19-9-8-18(31-2)13-20(19)32-3/h4-9,13,15H,10-12,14H2,1-3H3,(H,25,30). The van der Waals surface area contributed by atoms with Crippen molar-refractivity contribution < 1.29 is 18.7 Å². The Balaban J connectivity index is 1.36. The molecule has 174 valence electrons. The number of halogens is 1. The summed E-state index contributed by atoms with van der Waals surface area (Å²) in [5.74, 6) is 1.65. The van der Waals surface area contributed by atoms with Crippen LogP contribution in [0.5, 0.6) is 11.5 Å². The van der Waals surface area contributed by atoms with E-state index in [2.05, 4.69) is 19.6 Å². The fourth-order valence-electron chi connectivity index (χ4n) is 3.75. The van der Waals surface area contributed by atoms with Crippen molar-refractivity contribution in [3.63, 3.8) is 0 Å². The summed E-state index contributed by atoms with van der Waals surface area (Å²) in [4.78, 5) is 21.5. The number of amides is 2. The number of anilines is 2. The van der Waals surface area contributed by atoms with Gasteiger partial charge in [-0.25, -0.2) is 14.2 Å². The summed E-state index contributed by atoms with van der Waals surface area (Å²) in [6.45, 7) is 3.87. The second-order valence-corrected chi connectivity index (χ2v) is 8.51. The maximum atomic E-state index is 13.1. The number of piperazine rings is 1. The summed E-state index contributed by atoms with van der Waals surface area (Å²) in [6.07, 6.45) is 0.554. The van der Waals surface area contributed by atoms with E-state index in [1.54, 1.807) is 49.5 Å². The van der Waals surface area contributed by atoms with Crippen molar-refractivity contribution >= 4 is 28.4 Å². The van der Waals surface area contributed by atoms with Crippen LogP contribution < -0.4 is 19.7 Å². The Labute approximate surface area is 196 Å². The molecule has 2 aromatic carbocycles. The topological polar surface area (TPSA) is 79.8 Å². The lowest BCUT2D eigenvalue weighted by Gasteiger charge is -2.39. The number of rotatable bonds is 6. The first-order valence-corrected chi connectivity index (χ1v) is 11.4. The molecule has 1 N–H and O–H groups in total. The van der Waals surface area contributed by atoms with Gasteiger partial charge in [0.25, 0.3) is 0 Å². The Bertz CT molecular complexity index is 1110. The van der Waals surface area contributed by atoms with Gasteiger partial charge in [0.05, 0.1) is 19.9 Å². The first-order valence-electron chi connectivity index (χ1n) is 10.6. The second kappa shape index (κ2) is 10.0. The first-order chi connectivity index (χ1) is 16.0. The van der Waals surface area contributed by atoms with Crippen LogP contribution in [0.25, 0.3) is 0 Å². The molecule has 3 aromatic rings. The normalized spacial score (nSPS) is 15.9. The minimum atomic E-state index is -0.257. The van der Waals surface area contributed by atoms with Gasteiger partial charge in [0.1, 0.15) is 23.1 Å². The minimum Gasteiger partial charge on any atom is -0.497 e. The van der Waals surface area contributed by atoms with Crippen molar-refractivity contribution in [2.24, 2.45) is 0 Å². The van der Waals surface area contributed by atoms with Gasteiger partial charge in [-0.05, 0) is 36.8 Å². The molecule has 1 aliphatic rings. The van der Waals surface area contributed by atoms with Gasteiger partial charge in [-0.3, -0.25) is 0 Å². The second-order valence-electron chi connectivity index (χ2n) is 7.78. The average Bonchev–Trinajstić information content (AvgIpc) is 3.29. The van der Waals surface area contributed by atoms with E-state index in [0.717, 1.165) is 10.7 Å². The molecule has 2 amide bonds. The highest BCUT2D eigenvalue weighted by molar-refractivity contribution is 7.09. The summed E-state index contributed by atoms with van der Waals surface area (Å²) in [5, 5.41) is 3.77. The van der Waals surface area contributed by atoms with Gasteiger partial charge in [0.15, 0.2) is 0 Å². The SMILES string of the molecule is COc1ccc(NC(=O)N2CCN(c3nc(Cc4ccc(F)cc4)ns3)CC2C)c(OC)c1. The van der Waals surface area contributed by atoms with Crippen LogP contribution in [0, 0.1) is 5.82 Å². The van der Waals surface area contributed by atoms with E-state index < -0.39 is 0 Å². The van der Waals surface area contributed by atoms with Crippen LogP contribution in [0.15, 0.2) is 42.5 Å². The fourth-order valence-corrected chi connectivity index (χ4v) is 4.47. The summed E-state index contributed by atoms with van der Waals surface area (Å²) in [7, 11) is 3.14. The zero-order chi connectivity index (χ0) is 23.4. The molecule has 4 rings (SSSR count). The molecule has 1 atom stereocenters. The van der Waals surface area contributed by atoms with Gasteiger partial charge in [-0.1, -0.05) is 12.1 Å². The third-order valence-electron chi connectivity index (χ3n) is 5.54. The molecule has 8 nitrogen and oxygen atoms in total. The molecular weight excluding hydrogens is 445 g/mol. The lowest BCUT2D eigenvalue weighted by molar-refractivity contribution is 0.184. The lowest BCUT2D eigenvalue weighted by Crippen LogP contribution is -2.55. The number of carbonyl (C=O) groups is 1. The van der Waals surface area contributed by atoms with E-state index >= 15 is 0 Å². The number of ether oxygens (including phenoxy) is 2. The highest BCUT2D eigenvalue weighted by atomic mass is 32.1. The van der Waals surface area contributed by atoms with Crippen molar-refractivity contribution in [1.29, 1.82) is 0 Å². The molecular formula is C23H26FN5O3S. The number of methoxy groups -OCH3 is 2. The molecule has 0 radical (unpaired) electrons. The number of hydrogen-bond acceptors (Lipinski definition) is 7. The number of aromatic nitrogens is 2. The Kier molecular flexibility index (Phi) is 6.93. The first kappa shape index (κ1) is 22.8. The monoisotopic (exact) mass is 471 g/mol. The molecule has 1 aromatic heterocycles. The zero-order valence-corrected chi connectivity index (χ0v) is 19.6. The van der Waals surface area contributed by atoms with Gasteiger partial charge in [0, 0.05) is 49.7 Å². The van der Waals surface area contributed by atoms with Crippen LogP contribution in [0.4, 0.5) is 20.0 Å². The number of carbonyl (C=O) groups excluding carboxylic acids is 1. The molecule has 33 heavy (non-hydrogen) atoms. The highest BCUT2D eigenvalue weighted by Gasteiger charge is 2.29. The maximum Gasteiger partial charge on any atom is 0.322 e. The zero-order valence-electron chi connectivity index (χ0n) is 18.7. The molecule has 0 spiro atoms. The number of nitrogens with zero attached hydrogens (tertiary/aromatic N) is 4. The van der Waals surface area contributed by atoms with Crippen LogP contribution in [0.1, 0.15) is 18.3 Å². The third kappa shape index (κ3) is 5.33. The number of urea groups is 1. The average molecular weight is 472 g/mol. The van der Waals surface area contributed by atoms with Crippen molar-refractivity contribution in [2.45, 2.75) is 19.4 Å². The number of benzene rings is 2. The number of nitrogens with one attached hydrogen (secondary N) is 1. The van der Waals surface area contributed by atoms with E-state index in [9.17, 15) is 9.18 Å². The highest BCUT2D eigenvalue weighted by Crippen LogP contribution is 2.30. The lowest BCUT2D eigenvalue weighted by atomic mass is 10.1. The largest absolute Gasteiger partial charge is 0.497 e. The fraction of sp³-hybridized carbons (Fsp3) is 0.348. The molecule has 2 heterocycles. The quantitative estimate of drug-likeness (QED) is 0.585. The van der Waals surface area contributed by atoms with Gasteiger partial charge < -0.3 is 24.6 Å². The molecule has 0 saturated carbocycles. The van der Waals surface area contributed by atoms with Crippen LogP contribution in [0.3, 0.4) is 0 Å². The van der Waals surface area contributed by atoms with Crippen LogP contribution in [-0.2, 0) is 6.42 Å². The van der Waals surface area contributed by atoms with E-state index in [1.165, 1.54) is 23.7 Å². The molecule has 1 saturated heterocycles. The maximum absolute atomic E-state index is 13.1. The van der Waals surface area contributed by atoms with E-state index in [0.29, 0.717) is 49.1 Å². The molecule has 1 fully saturated rings. The molecule has 1 unspecified atom stereocenters. The van der Waals surface area contributed by atoms with Crippen molar-refractivity contribution in [3.05, 3.63) is 59.7 Å². The van der Waals surface area contributed by atoms with E-state index in [4.69, 9.17) is 9.47 Å². The van der Waals surface area contributed by atoms with Crippen LogP contribution in [0.2, 0.25) is 0 Å². The van der Waals surface area contributed by atoms with Gasteiger partial charge in [0.2, 0.25) is 5.13 Å². The number of hydrogen-bond donors (Lipinski definition) is 1. The molecule has 10 heteroatoms. The Morgan fingerprint density at radius 3 is 2.67 bits per heavy atom. The van der Waals surface area contributed by atoms with Crippen LogP contribution >= 0.6 is 11.5 Å². The van der Waals surface area contributed by atoms with Crippen molar-refractivity contribution in [1.82, 2.24) is 14.3 Å². The molecule has 1 aliphatic heterocycles. The summed E-state index contributed by atoms with van der Waals surface area (Å²) in [5.41, 5.74) is 1.55.